The first-order valence-corrected chi connectivity index (χ1v) is 8.31. The van der Waals surface area contributed by atoms with E-state index in [1.165, 1.54) is 32.7 Å². The molecule has 0 fully saturated rings. The summed E-state index contributed by atoms with van der Waals surface area (Å²) in [4.78, 5) is 1.34. The van der Waals surface area contributed by atoms with Crippen molar-refractivity contribution in [2.75, 3.05) is 6.26 Å². The molecule has 1 heteroatoms. The fourth-order valence-electron chi connectivity index (χ4n) is 2.51. The molecule has 3 aromatic carbocycles. The zero-order valence-electron chi connectivity index (χ0n) is 12.3. The van der Waals surface area contributed by atoms with Crippen molar-refractivity contribution in [2.24, 2.45) is 0 Å². The molecule has 21 heavy (non-hydrogen) atoms. The molecule has 0 radical (unpaired) electrons. The number of rotatable bonds is 3. The second-order valence-corrected chi connectivity index (χ2v) is 6.00. The van der Waals surface area contributed by atoms with Gasteiger partial charge in [-0.3, -0.25) is 0 Å². The van der Waals surface area contributed by atoms with Crippen LogP contribution in [0.1, 0.15) is 5.56 Å². The molecule has 0 saturated carbocycles. The van der Waals surface area contributed by atoms with Crippen LogP contribution >= 0.6 is 11.8 Å². The number of hydrogen-bond donors (Lipinski definition) is 0. The van der Waals surface area contributed by atoms with Crippen molar-refractivity contribution in [3.8, 4) is 22.3 Å². The molecule has 0 aliphatic carbocycles. The molecule has 0 aliphatic rings. The largest absolute Gasteiger partial charge is 0.129 e. The van der Waals surface area contributed by atoms with Crippen LogP contribution in [0.5, 0.6) is 0 Å². The van der Waals surface area contributed by atoms with Gasteiger partial charge in [-0.1, -0.05) is 66.7 Å². The minimum Gasteiger partial charge on any atom is -0.129 e. The van der Waals surface area contributed by atoms with Crippen molar-refractivity contribution in [3.63, 3.8) is 0 Å². The Morgan fingerprint density at radius 2 is 1.29 bits per heavy atom. The predicted molar refractivity (Wildman–Crippen MR) is 93.8 cm³/mol. The Labute approximate surface area is 130 Å². The van der Waals surface area contributed by atoms with Crippen molar-refractivity contribution in [1.82, 2.24) is 0 Å². The summed E-state index contributed by atoms with van der Waals surface area (Å²) in [6, 6.07) is 26.0. The van der Waals surface area contributed by atoms with E-state index in [0.29, 0.717) is 0 Å². The second-order valence-electron chi connectivity index (χ2n) is 5.15. The molecule has 0 amide bonds. The minimum atomic E-state index is 1.26. The van der Waals surface area contributed by atoms with Gasteiger partial charge >= 0.3 is 0 Å². The molecule has 0 bridgehead atoms. The summed E-state index contributed by atoms with van der Waals surface area (Å²) < 4.78 is 0. The Hall–Kier alpha value is -1.99. The molecule has 0 N–H and O–H groups in total. The fraction of sp³-hybridized carbons (Fsp3) is 0.100. The summed E-state index contributed by atoms with van der Waals surface area (Å²) in [6.45, 7) is 2.14. The van der Waals surface area contributed by atoms with Crippen LogP contribution in [0.3, 0.4) is 0 Å². The lowest BCUT2D eigenvalue weighted by Gasteiger charge is -2.10. The van der Waals surface area contributed by atoms with E-state index in [1.807, 2.05) is 0 Å². The third kappa shape index (κ3) is 3.03. The molecule has 0 heterocycles. The van der Waals surface area contributed by atoms with Gasteiger partial charge in [0.25, 0.3) is 0 Å². The van der Waals surface area contributed by atoms with Gasteiger partial charge in [-0.25, -0.2) is 0 Å². The van der Waals surface area contributed by atoms with Gasteiger partial charge in [-0.05, 0) is 47.1 Å². The molecule has 3 rings (SSSR count). The highest BCUT2D eigenvalue weighted by Gasteiger charge is 2.05. The van der Waals surface area contributed by atoms with Crippen LogP contribution in [0, 0.1) is 6.92 Å². The van der Waals surface area contributed by atoms with Crippen LogP contribution in [-0.4, -0.2) is 6.26 Å². The maximum absolute atomic E-state index is 2.26. The fourth-order valence-corrected chi connectivity index (χ4v) is 3.22. The summed E-state index contributed by atoms with van der Waals surface area (Å²) in [5.41, 5.74) is 6.42. The Morgan fingerprint density at radius 1 is 0.667 bits per heavy atom. The molecule has 0 aliphatic heterocycles. The quantitative estimate of drug-likeness (QED) is 0.529. The van der Waals surface area contributed by atoms with Gasteiger partial charge in [0.1, 0.15) is 0 Å². The van der Waals surface area contributed by atoms with E-state index >= 15 is 0 Å². The highest BCUT2D eigenvalue weighted by Crippen LogP contribution is 2.32. The molecule has 3 aromatic rings. The van der Waals surface area contributed by atoms with E-state index in [-0.39, 0.29) is 0 Å². The molecule has 0 atom stereocenters. The monoisotopic (exact) mass is 290 g/mol. The lowest BCUT2D eigenvalue weighted by molar-refractivity contribution is 1.36. The summed E-state index contributed by atoms with van der Waals surface area (Å²) >= 11 is 1.81. The van der Waals surface area contributed by atoms with E-state index < -0.39 is 0 Å². The molecule has 0 aromatic heterocycles. The Bertz CT molecular complexity index is 728. The highest BCUT2D eigenvalue weighted by molar-refractivity contribution is 7.98. The second kappa shape index (κ2) is 6.19. The molecular formula is C20H18S. The van der Waals surface area contributed by atoms with E-state index in [4.69, 9.17) is 0 Å². The van der Waals surface area contributed by atoms with Crippen molar-refractivity contribution < 1.29 is 0 Å². The zero-order valence-corrected chi connectivity index (χ0v) is 13.2. The average molecular weight is 290 g/mol. The first-order valence-electron chi connectivity index (χ1n) is 7.08. The van der Waals surface area contributed by atoms with Crippen molar-refractivity contribution in [1.29, 1.82) is 0 Å². The summed E-state index contributed by atoms with van der Waals surface area (Å²) in [5.74, 6) is 0. The standard InChI is InChI=1S/C20H18S/c1-15-8-13-19(20(14-15)21-2)18-11-9-17(10-12-18)16-6-4-3-5-7-16/h3-14H,1-2H3. The third-order valence-electron chi connectivity index (χ3n) is 3.66. The van der Waals surface area contributed by atoms with Gasteiger partial charge in [0, 0.05) is 4.90 Å². The van der Waals surface area contributed by atoms with Gasteiger partial charge in [-0.15, -0.1) is 11.8 Å². The SMILES string of the molecule is CSc1cc(C)ccc1-c1ccc(-c2ccccc2)cc1. The normalized spacial score (nSPS) is 10.6. The van der Waals surface area contributed by atoms with Gasteiger partial charge in [-0.2, -0.15) is 0 Å². The first kappa shape index (κ1) is 14.0. The van der Waals surface area contributed by atoms with Gasteiger partial charge in [0.2, 0.25) is 0 Å². The van der Waals surface area contributed by atoms with Crippen LogP contribution < -0.4 is 0 Å². The minimum absolute atomic E-state index is 1.26. The van der Waals surface area contributed by atoms with Gasteiger partial charge in [0.15, 0.2) is 0 Å². The molecule has 0 nitrogen and oxygen atoms in total. The molecule has 0 spiro atoms. The molecular weight excluding hydrogens is 272 g/mol. The van der Waals surface area contributed by atoms with Gasteiger partial charge < -0.3 is 0 Å². The third-order valence-corrected chi connectivity index (χ3v) is 4.44. The van der Waals surface area contributed by atoms with Crippen molar-refractivity contribution >= 4 is 11.8 Å². The molecule has 0 unspecified atom stereocenters. The topological polar surface area (TPSA) is 0 Å². The van der Waals surface area contributed by atoms with Crippen molar-refractivity contribution in [3.05, 3.63) is 78.4 Å². The summed E-state index contributed by atoms with van der Waals surface area (Å²) in [5, 5.41) is 0. The Morgan fingerprint density at radius 3 is 1.95 bits per heavy atom. The number of hydrogen-bond acceptors (Lipinski definition) is 1. The van der Waals surface area contributed by atoms with E-state index in [2.05, 4.69) is 86.0 Å². The maximum Gasteiger partial charge on any atom is 0.0150 e. The van der Waals surface area contributed by atoms with Crippen LogP contribution in [0.15, 0.2) is 77.7 Å². The van der Waals surface area contributed by atoms with E-state index in [0.717, 1.165) is 0 Å². The number of thioether (sulfide) groups is 1. The number of benzene rings is 3. The summed E-state index contributed by atoms with van der Waals surface area (Å²) in [6.07, 6.45) is 2.14. The molecule has 0 saturated heterocycles. The predicted octanol–water partition coefficient (Wildman–Crippen LogP) is 6.05. The lowest BCUT2D eigenvalue weighted by Crippen LogP contribution is -1.84. The first-order chi connectivity index (χ1) is 10.3. The van der Waals surface area contributed by atoms with Crippen LogP contribution in [0.25, 0.3) is 22.3 Å². The van der Waals surface area contributed by atoms with Crippen LogP contribution in [0.4, 0.5) is 0 Å². The zero-order chi connectivity index (χ0) is 14.7. The Balaban J connectivity index is 1.98. The average Bonchev–Trinajstić information content (AvgIpc) is 2.56. The number of aryl methyl sites for hydroxylation is 1. The highest BCUT2D eigenvalue weighted by atomic mass is 32.2. The van der Waals surface area contributed by atoms with E-state index in [1.54, 1.807) is 11.8 Å². The van der Waals surface area contributed by atoms with Crippen LogP contribution in [-0.2, 0) is 0 Å². The van der Waals surface area contributed by atoms with Crippen LogP contribution in [0.2, 0.25) is 0 Å². The maximum atomic E-state index is 2.26. The lowest BCUT2D eigenvalue weighted by atomic mass is 10.00. The van der Waals surface area contributed by atoms with Crippen molar-refractivity contribution in [2.45, 2.75) is 11.8 Å². The van der Waals surface area contributed by atoms with E-state index in [9.17, 15) is 0 Å². The summed E-state index contributed by atoms with van der Waals surface area (Å²) in [7, 11) is 0. The Kier molecular flexibility index (Phi) is 4.12. The van der Waals surface area contributed by atoms with Gasteiger partial charge in [0.05, 0.1) is 0 Å². The smallest absolute Gasteiger partial charge is 0.0150 e. The molecule has 104 valence electrons.